The van der Waals surface area contributed by atoms with Crippen LogP contribution in [0.4, 0.5) is 11.6 Å². The van der Waals surface area contributed by atoms with Gasteiger partial charge in [0.1, 0.15) is 4.88 Å². The van der Waals surface area contributed by atoms with Crippen LogP contribution in [-0.4, -0.2) is 23.7 Å². The van der Waals surface area contributed by atoms with Crippen LogP contribution in [0.1, 0.15) is 6.92 Å². The van der Waals surface area contributed by atoms with Gasteiger partial charge in [0, 0.05) is 13.6 Å². The number of nitrogens with zero attached hydrogens (tertiary/aromatic N) is 3. The molecule has 15 heavy (non-hydrogen) atoms. The van der Waals surface area contributed by atoms with E-state index in [1.54, 1.807) is 0 Å². The van der Waals surface area contributed by atoms with Crippen molar-refractivity contribution in [3.05, 3.63) is 11.4 Å². The van der Waals surface area contributed by atoms with Crippen LogP contribution in [0.15, 0.2) is 16.0 Å². The van der Waals surface area contributed by atoms with Gasteiger partial charge in [-0.05, 0) is 23.5 Å². The van der Waals surface area contributed by atoms with Gasteiger partial charge < -0.3 is 15.2 Å². The van der Waals surface area contributed by atoms with E-state index in [0.717, 1.165) is 11.4 Å². The van der Waals surface area contributed by atoms with Gasteiger partial charge in [-0.25, -0.2) is 0 Å². The van der Waals surface area contributed by atoms with Gasteiger partial charge in [0.05, 0.1) is 5.69 Å². The third-order valence-corrected chi connectivity index (χ3v) is 3.04. The zero-order chi connectivity index (χ0) is 10.8. The minimum atomic E-state index is 0.484. The number of hydrogen-bond acceptors (Lipinski definition) is 6. The molecule has 2 rings (SSSR count). The molecule has 2 N–H and O–H groups in total. The minimum Gasteiger partial charge on any atom is -0.397 e. The number of thiophene rings is 1. The molecule has 0 atom stereocenters. The maximum Gasteiger partial charge on any atom is 0.271 e. The molecule has 0 spiro atoms. The summed E-state index contributed by atoms with van der Waals surface area (Å²) < 4.78 is 5.14. The van der Waals surface area contributed by atoms with Gasteiger partial charge in [0.2, 0.25) is 0 Å². The van der Waals surface area contributed by atoms with Crippen molar-refractivity contribution >= 4 is 23.0 Å². The zero-order valence-electron chi connectivity index (χ0n) is 8.60. The number of rotatable bonds is 3. The van der Waals surface area contributed by atoms with Crippen LogP contribution in [0.5, 0.6) is 0 Å². The van der Waals surface area contributed by atoms with Crippen molar-refractivity contribution in [3.8, 4) is 10.8 Å². The second-order valence-corrected chi connectivity index (χ2v) is 4.03. The third kappa shape index (κ3) is 1.80. The van der Waals surface area contributed by atoms with Gasteiger partial charge in [-0.3, -0.25) is 0 Å². The van der Waals surface area contributed by atoms with Crippen LogP contribution in [0.3, 0.4) is 0 Å². The SMILES string of the molecule is CCN(C)c1noc(-c2sccc2N)n1. The molecular weight excluding hydrogens is 212 g/mol. The van der Waals surface area contributed by atoms with E-state index < -0.39 is 0 Å². The molecule has 0 saturated heterocycles. The second-order valence-electron chi connectivity index (χ2n) is 3.12. The number of hydrogen-bond donors (Lipinski definition) is 1. The molecule has 0 aliphatic rings. The lowest BCUT2D eigenvalue weighted by Gasteiger charge is -2.08. The van der Waals surface area contributed by atoms with E-state index >= 15 is 0 Å². The summed E-state index contributed by atoms with van der Waals surface area (Å²) in [5, 5.41) is 5.78. The number of nitrogens with two attached hydrogens (primary N) is 1. The van der Waals surface area contributed by atoms with E-state index in [2.05, 4.69) is 10.1 Å². The van der Waals surface area contributed by atoms with E-state index in [-0.39, 0.29) is 0 Å². The van der Waals surface area contributed by atoms with Crippen molar-refractivity contribution in [2.24, 2.45) is 0 Å². The van der Waals surface area contributed by atoms with Crippen molar-refractivity contribution in [1.29, 1.82) is 0 Å². The molecule has 0 aliphatic carbocycles. The molecule has 0 aliphatic heterocycles. The number of nitrogen functional groups attached to an aromatic ring is 1. The smallest absolute Gasteiger partial charge is 0.271 e. The van der Waals surface area contributed by atoms with Crippen LogP contribution in [0, 0.1) is 0 Å². The average molecular weight is 224 g/mol. The molecule has 0 radical (unpaired) electrons. The quantitative estimate of drug-likeness (QED) is 0.861. The first-order valence-electron chi connectivity index (χ1n) is 4.60. The molecule has 0 bridgehead atoms. The van der Waals surface area contributed by atoms with E-state index in [0.29, 0.717) is 17.5 Å². The Balaban J connectivity index is 2.32. The molecule has 5 nitrogen and oxygen atoms in total. The van der Waals surface area contributed by atoms with Gasteiger partial charge in [-0.15, -0.1) is 11.3 Å². The highest BCUT2D eigenvalue weighted by Crippen LogP contribution is 2.30. The van der Waals surface area contributed by atoms with E-state index in [1.807, 2.05) is 30.3 Å². The van der Waals surface area contributed by atoms with Crippen LogP contribution >= 0.6 is 11.3 Å². The van der Waals surface area contributed by atoms with Gasteiger partial charge in [0.15, 0.2) is 0 Å². The summed E-state index contributed by atoms with van der Waals surface area (Å²) in [4.78, 5) is 6.99. The van der Waals surface area contributed by atoms with Gasteiger partial charge in [-0.2, -0.15) is 4.98 Å². The average Bonchev–Trinajstić information content (AvgIpc) is 2.84. The maximum absolute atomic E-state index is 5.76. The lowest BCUT2D eigenvalue weighted by molar-refractivity contribution is 0.431. The van der Waals surface area contributed by atoms with E-state index in [1.165, 1.54) is 11.3 Å². The van der Waals surface area contributed by atoms with E-state index in [4.69, 9.17) is 10.3 Å². The Morgan fingerprint density at radius 3 is 3.00 bits per heavy atom. The lowest BCUT2D eigenvalue weighted by Crippen LogP contribution is -2.16. The summed E-state index contributed by atoms with van der Waals surface area (Å²) in [6.07, 6.45) is 0. The lowest BCUT2D eigenvalue weighted by atomic mass is 10.4. The van der Waals surface area contributed by atoms with Gasteiger partial charge >= 0.3 is 0 Å². The monoisotopic (exact) mass is 224 g/mol. The molecule has 0 aromatic carbocycles. The molecular formula is C9H12N4OS. The Morgan fingerprint density at radius 2 is 2.40 bits per heavy atom. The van der Waals surface area contributed by atoms with Crippen molar-refractivity contribution < 1.29 is 4.52 Å². The fourth-order valence-corrected chi connectivity index (χ4v) is 1.84. The topological polar surface area (TPSA) is 68.2 Å². The molecule has 0 unspecified atom stereocenters. The van der Waals surface area contributed by atoms with Crippen LogP contribution < -0.4 is 10.6 Å². The van der Waals surface area contributed by atoms with Gasteiger partial charge in [0.25, 0.3) is 11.8 Å². The first kappa shape index (κ1) is 9.97. The Kier molecular flexibility index (Phi) is 2.59. The minimum absolute atomic E-state index is 0.484. The van der Waals surface area contributed by atoms with Crippen LogP contribution in [0.25, 0.3) is 10.8 Å². The standard InChI is InChI=1S/C9H12N4OS/c1-3-13(2)9-11-8(14-12-9)7-6(10)4-5-15-7/h4-5H,3,10H2,1-2H3. The van der Waals surface area contributed by atoms with Crippen molar-refractivity contribution in [3.63, 3.8) is 0 Å². The molecule has 2 aromatic rings. The van der Waals surface area contributed by atoms with Gasteiger partial charge in [-0.1, -0.05) is 0 Å². The second kappa shape index (κ2) is 3.90. The fourth-order valence-electron chi connectivity index (χ4n) is 1.10. The Hall–Kier alpha value is -1.56. The number of anilines is 2. The summed E-state index contributed by atoms with van der Waals surface area (Å²) in [5.74, 6) is 1.07. The Morgan fingerprint density at radius 1 is 1.60 bits per heavy atom. The molecule has 2 aromatic heterocycles. The normalized spacial score (nSPS) is 10.5. The largest absolute Gasteiger partial charge is 0.397 e. The molecule has 0 saturated carbocycles. The maximum atomic E-state index is 5.76. The summed E-state index contributed by atoms with van der Waals surface area (Å²) >= 11 is 1.50. The Labute approximate surface area is 91.5 Å². The van der Waals surface area contributed by atoms with E-state index in [9.17, 15) is 0 Å². The van der Waals surface area contributed by atoms with Crippen LogP contribution in [0.2, 0.25) is 0 Å². The summed E-state index contributed by atoms with van der Waals surface area (Å²) in [7, 11) is 1.91. The molecule has 0 amide bonds. The van der Waals surface area contributed by atoms with Crippen molar-refractivity contribution in [2.45, 2.75) is 6.92 Å². The third-order valence-electron chi connectivity index (χ3n) is 2.12. The molecule has 80 valence electrons. The van der Waals surface area contributed by atoms with Crippen LogP contribution in [-0.2, 0) is 0 Å². The summed E-state index contributed by atoms with van der Waals surface area (Å²) in [6, 6.07) is 1.83. The predicted molar refractivity (Wildman–Crippen MR) is 61.0 cm³/mol. The highest BCUT2D eigenvalue weighted by atomic mass is 32.1. The number of aromatic nitrogens is 2. The van der Waals surface area contributed by atoms with Crippen molar-refractivity contribution in [1.82, 2.24) is 10.1 Å². The highest BCUT2D eigenvalue weighted by Gasteiger charge is 2.14. The highest BCUT2D eigenvalue weighted by molar-refractivity contribution is 7.14. The molecule has 6 heteroatoms. The summed E-state index contributed by atoms with van der Waals surface area (Å²) in [5.41, 5.74) is 6.43. The van der Waals surface area contributed by atoms with Crippen molar-refractivity contribution in [2.75, 3.05) is 24.2 Å². The Bertz CT molecular complexity index is 450. The first-order chi connectivity index (χ1) is 7.22. The first-order valence-corrected chi connectivity index (χ1v) is 5.48. The fraction of sp³-hybridized carbons (Fsp3) is 0.333. The molecule has 2 heterocycles. The predicted octanol–water partition coefficient (Wildman–Crippen LogP) is 1.84. The molecule has 0 fully saturated rings. The zero-order valence-corrected chi connectivity index (χ0v) is 9.41. The summed E-state index contributed by atoms with van der Waals surface area (Å²) in [6.45, 7) is 2.86.